The van der Waals surface area contributed by atoms with Crippen LogP contribution in [0.2, 0.25) is 0 Å². The van der Waals surface area contributed by atoms with Gasteiger partial charge in [-0.3, -0.25) is 9.69 Å². The predicted octanol–water partition coefficient (Wildman–Crippen LogP) is 1.01. The van der Waals surface area contributed by atoms with Crippen LogP contribution in [0.1, 0.15) is 43.5 Å². The molecule has 2 aliphatic rings. The fraction of sp³-hybridized carbons (Fsp3) is 0.769. The number of ether oxygens (including phenoxy) is 1. The van der Waals surface area contributed by atoms with Crippen LogP contribution in [0, 0.1) is 0 Å². The van der Waals surface area contributed by atoms with Crippen molar-refractivity contribution in [1.82, 2.24) is 15.0 Å². The first-order valence-corrected chi connectivity index (χ1v) is 7.12. The van der Waals surface area contributed by atoms with Crippen molar-refractivity contribution in [2.24, 2.45) is 0 Å². The number of carbonyl (C=O) groups is 1. The van der Waals surface area contributed by atoms with E-state index in [1.165, 1.54) is 12.8 Å². The lowest BCUT2D eigenvalue weighted by Gasteiger charge is -2.33. The molecule has 3 heterocycles. The van der Waals surface area contributed by atoms with Gasteiger partial charge in [-0.05, 0) is 25.8 Å². The zero-order valence-corrected chi connectivity index (χ0v) is 11.3. The quantitative estimate of drug-likeness (QED) is 0.861. The molecule has 20 heavy (non-hydrogen) atoms. The van der Waals surface area contributed by atoms with Crippen molar-refractivity contribution in [3.8, 4) is 0 Å². The van der Waals surface area contributed by atoms with E-state index in [4.69, 9.17) is 14.4 Å². The summed E-state index contributed by atoms with van der Waals surface area (Å²) in [5.41, 5.74) is 0. The average Bonchev–Trinajstić information content (AvgIpc) is 3.05. The Bertz CT molecular complexity index is 476. The molecule has 0 radical (unpaired) electrons. The number of aliphatic carboxylic acids is 1. The van der Waals surface area contributed by atoms with Gasteiger partial charge in [0.15, 0.2) is 0 Å². The fourth-order valence-corrected chi connectivity index (χ4v) is 2.86. The second kappa shape index (κ2) is 5.88. The minimum absolute atomic E-state index is 0.118. The number of aromatic nitrogens is 2. The molecule has 110 valence electrons. The van der Waals surface area contributed by atoms with Crippen LogP contribution < -0.4 is 0 Å². The minimum Gasteiger partial charge on any atom is -0.481 e. The van der Waals surface area contributed by atoms with Crippen LogP contribution >= 0.6 is 0 Å². The van der Waals surface area contributed by atoms with Gasteiger partial charge in [-0.1, -0.05) is 5.16 Å². The summed E-state index contributed by atoms with van der Waals surface area (Å²) in [6, 6.07) is 0.549. The van der Waals surface area contributed by atoms with Crippen molar-refractivity contribution >= 4 is 5.97 Å². The minimum atomic E-state index is -0.805. The SMILES string of the molecule is O=C(O)CCCc1nc(C2CN3CCCC3CO2)no1. The molecule has 2 saturated heterocycles. The summed E-state index contributed by atoms with van der Waals surface area (Å²) >= 11 is 0. The van der Waals surface area contributed by atoms with Gasteiger partial charge in [0.1, 0.15) is 6.10 Å². The van der Waals surface area contributed by atoms with Crippen LogP contribution in [0.25, 0.3) is 0 Å². The first kappa shape index (κ1) is 13.5. The van der Waals surface area contributed by atoms with Crippen molar-refractivity contribution < 1.29 is 19.2 Å². The van der Waals surface area contributed by atoms with Gasteiger partial charge in [-0.15, -0.1) is 0 Å². The Morgan fingerprint density at radius 2 is 2.40 bits per heavy atom. The van der Waals surface area contributed by atoms with Gasteiger partial charge in [0.05, 0.1) is 6.61 Å². The Morgan fingerprint density at radius 1 is 1.50 bits per heavy atom. The molecular formula is C13H19N3O4. The van der Waals surface area contributed by atoms with Gasteiger partial charge in [-0.25, -0.2) is 0 Å². The number of hydrogen-bond acceptors (Lipinski definition) is 6. The third-order valence-electron chi connectivity index (χ3n) is 3.94. The number of nitrogens with zero attached hydrogens (tertiary/aromatic N) is 3. The molecule has 2 fully saturated rings. The van der Waals surface area contributed by atoms with E-state index in [0.717, 1.165) is 19.7 Å². The summed E-state index contributed by atoms with van der Waals surface area (Å²) in [5, 5.41) is 12.6. The first-order valence-electron chi connectivity index (χ1n) is 7.12. The number of carboxylic acids is 1. The third-order valence-corrected chi connectivity index (χ3v) is 3.94. The van der Waals surface area contributed by atoms with E-state index in [1.54, 1.807) is 0 Å². The van der Waals surface area contributed by atoms with Crippen molar-refractivity contribution in [3.05, 3.63) is 11.7 Å². The number of morpholine rings is 1. The molecule has 7 nitrogen and oxygen atoms in total. The Morgan fingerprint density at radius 3 is 3.25 bits per heavy atom. The maximum absolute atomic E-state index is 10.5. The molecule has 0 bridgehead atoms. The molecule has 0 aliphatic carbocycles. The number of carboxylic acid groups (broad SMARTS) is 1. The lowest BCUT2D eigenvalue weighted by molar-refractivity contribution is -0.137. The van der Waals surface area contributed by atoms with Crippen LogP contribution in [-0.4, -0.2) is 51.9 Å². The summed E-state index contributed by atoms with van der Waals surface area (Å²) in [7, 11) is 0. The molecule has 0 aromatic carbocycles. The van der Waals surface area contributed by atoms with E-state index < -0.39 is 5.97 Å². The van der Waals surface area contributed by atoms with Crippen molar-refractivity contribution in [3.63, 3.8) is 0 Å². The molecule has 2 aliphatic heterocycles. The molecule has 0 amide bonds. The van der Waals surface area contributed by atoms with E-state index in [-0.39, 0.29) is 12.5 Å². The zero-order valence-electron chi connectivity index (χ0n) is 11.3. The molecule has 7 heteroatoms. The van der Waals surface area contributed by atoms with Crippen molar-refractivity contribution in [2.75, 3.05) is 19.7 Å². The second-order valence-electron chi connectivity index (χ2n) is 5.41. The normalized spacial score (nSPS) is 26.6. The lowest BCUT2D eigenvalue weighted by Crippen LogP contribution is -2.42. The summed E-state index contributed by atoms with van der Waals surface area (Å²) < 4.78 is 11.0. The summed E-state index contributed by atoms with van der Waals surface area (Å²) in [6.45, 7) is 2.67. The van der Waals surface area contributed by atoms with Gasteiger partial charge < -0.3 is 14.4 Å². The predicted molar refractivity (Wildman–Crippen MR) is 68.2 cm³/mol. The zero-order chi connectivity index (χ0) is 13.9. The van der Waals surface area contributed by atoms with Gasteiger partial charge in [0.2, 0.25) is 11.7 Å². The average molecular weight is 281 g/mol. The molecular weight excluding hydrogens is 262 g/mol. The number of aryl methyl sites for hydroxylation is 1. The van der Waals surface area contributed by atoms with E-state index in [0.29, 0.717) is 30.6 Å². The maximum Gasteiger partial charge on any atom is 0.303 e. The molecule has 0 saturated carbocycles. The van der Waals surface area contributed by atoms with Gasteiger partial charge >= 0.3 is 5.97 Å². The van der Waals surface area contributed by atoms with Crippen LogP contribution in [0.5, 0.6) is 0 Å². The topological polar surface area (TPSA) is 88.7 Å². The van der Waals surface area contributed by atoms with E-state index in [9.17, 15) is 4.79 Å². The molecule has 2 atom stereocenters. The molecule has 1 N–H and O–H groups in total. The third kappa shape index (κ3) is 2.99. The molecule has 2 unspecified atom stereocenters. The summed E-state index contributed by atoms with van der Waals surface area (Å²) in [5.74, 6) is 0.273. The Hall–Kier alpha value is -1.47. The molecule has 3 rings (SSSR count). The standard InChI is InChI=1S/C13H19N3O4/c17-12(18)5-1-4-11-14-13(15-20-11)10-7-16-6-2-3-9(16)8-19-10/h9-10H,1-8H2,(H,17,18). The molecule has 0 spiro atoms. The fourth-order valence-electron chi connectivity index (χ4n) is 2.86. The number of hydrogen-bond donors (Lipinski definition) is 1. The highest BCUT2D eigenvalue weighted by Gasteiger charge is 2.34. The Kier molecular flexibility index (Phi) is 3.98. The maximum atomic E-state index is 10.5. The molecule has 1 aromatic heterocycles. The summed E-state index contributed by atoms with van der Waals surface area (Å²) in [6.07, 6.45) is 3.44. The van der Waals surface area contributed by atoms with Crippen LogP contribution in [0.4, 0.5) is 0 Å². The highest BCUT2D eigenvalue weighted by atomic mass is 16.5. The van der Waals surface area contributed by atoms with Crippen LogP contribution in [0.15, 0.2) is 4.52 Å². The number of fused-ring (bicyclic) bond motifs is 1. The lowest BCUT2D eigenvalue weighted by atomic mass is 10.2. The van der Waals surface area contributed by atoms with Gasteiger partial charge in [-0.2, -0.15) is 4.98 Å². The van der Waals surface area contributed by atoms with E-state index in [1.807, 2.05) is 0 Å². The number of rotatable bonds is 5. The highest BCUT2D eigenvalue weighted by molar-refractivity contribution is 5.66. The summed E-state index contributed by atoms with van der Waals surface area (Å²) in [4.78, 5) is 17.2. The largest absolute Gasteiger partial charge is 0.481 e. The smallest absolute Gasteiger partial charge is 0.303 e. The highest BCUT2D eigenvalue weighted by Crippen LogP contribution is 2.28. The van der Waals surface area contributed by atoms with Crippen LogP contribution in [0.3, 0.4) is 0 Å². The molecule has 1 aromatic rings. The monoisotopic (exact) mass is 281 g/mol. The first-order chi connectivity index (χ1) is 9.72. The Balaban J connectivity index is 1.55. The van der Waals surface area contributed by atoms with Crippen molar-refractivity contribution in [2.45, 2.75) is 44.2 Å². The van der Waals surface area contributed by atoms with Crippen molar-refractivity contribution in [1.29, 1.82) is 0 Å². The van der Waals surface area contributed by atoms with Gasteiger partial charge in [0, 0.05) is 25.4 Å². The van der Waals surface area contributed by atoms with Gasteiger partial charge in [0.25, 0.3) is 0 Å². The van der Waals surface area contributed by atoms with E-state index in [2.05, 4.69) is 15.0 Å². The van der Waals surface area contributed by atoms with Crippen LogP contribution in [-0.2, 0) is 16.0 Å². The Labute approximate surface area is 116 Å². The van der Waals surface area contributed by atoms with E-state index >= 15 is 0 Å². The second-order valence-corrected chi connectivity index (χ2v) is 5.41.